The number of piperazine rings is 1. The molecule has 1 aliphatic heterocycles. The Kier molecular flexibility index (Phi) is 4.71. The van der Waals surface area contributed by atoms with Gasteiger partial charge in [-0.05, 0) is 36.4 Å². The highest BCUT2D eigenvalue weighted by Crippen LogP contribution is 2.26. The molecule has 0 bridgehead atoms. The molecule has 3 aromatic rings. The van der Waals surface area contributed by atoms with Crippen LogP contribution in [-0.2, 0) is 10.0 Å². The number of sulfonamides is 1. The molecule has 6 nitrogen and oxygen atoms in total. The number of hydrogen-bond donors (Lipinski definition) is 0. The molecule has 0 amide bonds. The molecule has 0 radical (unpaired) electrons. The molecule has 9 heteroatoms. The van der Waals surface area contributed by atoms with E-state index in [2.05, 4.69) is 9.97 Å². The highest BCUT2D eigenvalue weighted by atomic mass is 35.5. The van der Waals surface area contributed by atoms with E-state index in [0.717, 1.165) is 0 Å². The topological polar surface area (TPSA) is 66.4 Å². The highest BCUT2D eigenvalue weighted by molar-refractivity contribution is 7.89. The lowest BCUT2D eigenvalue weighted by atomic mass is 10.2. The van der Waals surface area contributed by atoms with Gasteiger partial charge in [-0.15, -0.1) is 0 Å². The molecular weight excluding hydrogens is 391 g/mol. The Bertz CT molecular complexity index is 1100. The van der Waals surface area contributed by atoms with E-state index >= 15 is 0 Å². The second-order valence-corrected chi connectivity index (χ2v) is 8.58. The van der Waals surface area contributed by atoms with Crippen LogP contribution in [0.2, 0.25) is 5.02 Å². The summed E-state index contributed by atoms with van der Waals surface area (Å²) in [4.78, 5) is 10.6. The van der Waals surface area contributed by atoms with Crippen molar-refractivity contribution >= 4 is 38.3 Å². The summed E-state index contributed by atoms with van der Waals surface area (Å²) in [7, 11) is -3.61. The third kappa shape index (κ3) is 3.47. The largest absolute Gasteiger partial charge is 0.353 e. The van der Waals surface area contributed by atoms with E-state index in [1.165, 1.54) is 34.9 Å². The van der Waals surface area contributed by atoms with Crippen LogP contribution in [0.3, 0.4) is 0 Å². The SMILES string of the molecule is O=S(=O)(c1cccc(Cl)c1)N1CCN(c2ncnc3ccc(F)cc23)CC1. The molecule has 0 spiro atoms. The Hall–Kier alpha value is -2.29. The van der Waals surface area contributed by atoms with Crippen molar-refractivity contribution in [1.29, 1.82) is 0 Å². The zero-order chi connectivity index (χ0) is 19.0. The number of aromatic nitrogens is 2. The number of rotatable bonds is 3. The zero-order valence-electron chi connectivity index (χ0n) is 14.2. The standard InChI is InChI=1S/C18H16ClFN4O2S/c19-13-2-1-3-15(10-13)27(25,26)24-8-6-23(7-9-24)18-16-11-14(20)4-5-17(16)21-12-22-18/h1-5,10-12H,6-9H2. The number of hydrogen-bond acceptors (Lipinski definition) is 5. The van der Waals surface area contributed by atoms with Gasteiger partial charge >= 0.3 is 0 Å². The van der Waals surface area contributed by atoms with E-state index < -0.39 is 10.0 Å². The van der Waals surface area contributed by atoms with Gasteiger partial charge in [0.2, 0.25) is 10.0 Å². The fourth-order valence-electron chi connectivity index (χ4n) is 3.18. The maximum absolute atomic E-state index is 13.7. The smallest absolute Gasteiger partial charge is 0.243 e. The third-order valence-electron chi connectivity index (χ3n) is 4.55. The van der Waals surface area contributed by atoms with Gasteiger partial charge in [0, 0.05) is 36.6 Å². The van der Waals surface area contributed by atoms with Gasteiger partial charge in [0.05, 0.1) is 10.4 Å². The molecule has 140 valence electrons. The number of nitrogens with zero attached hydrogens (tertiary/aromatic N) is 4. The van der Waals surface area contributed by atoms with Crippen molar-refractivity contribution in [2.24, 2.45) is 0 Å². The molecule has 0 aliphatic carbocycles. The zero-order valence-corrected chi connectivity index (χ0v) is 15.8. The van der Waals surface area contributed by atoms with Crippen molar-refractivity contribution in [3.05, 3.63) is 59.6 Å². The number of halogens is 2. The minimum Gasteiger partial charge on any atom is -0.353 e. The summed E-state index contributed by atoms with van der Waals surface area (Å²) in [6, 6.07) is 10.6. The molecule has 0 N–H and O–H groups in total. The van der Waals surface area contributed by atoms with Crippen LogP contribution in [-0.4, -0.2) is 48.9 Å². The fraction of sp³-hybridized carbons (Fsp3) is 0.222. The van der Waals surface area contributed by atoms with Crippen LogP contribution in [0.25, 0.3) is 10.9 Å². The van der Waals surface area contributed by atoms with Gasteiger partial charge in [-0.1, -0.05) is 17.7 Å². The molecule has 2 heterocycles. The molecule has 27 heavy (non-hydrogen) atoms. The molecule has 0 atom stereocenters. The van der Waals surface area contributed by atoms with E-state index in [4.69, 9.17) is 11.6 Å². The van der Waals surface area contributed by atoms with E-state index in [9.17, 15) is 12.8 Å². The number of benzene rings is 2. The summed E-state index contributed by atoms with van der Waals surface area (Å²) >= 11 is 5.93. The van der Waals surface area contributed by atoms with E-state index in [-0.39, 0.29) is 10.7 Å². The first kappa shape index (κ1) is 18.1. The molecule has 2 aromatic carbocycles. The van der Waals surface area contributed by atoms with Crippen molar-refractivity contribution in [2.45, 2.75) is 4.90 Å². The Morgan fingerprint density at radius 2 is 1.78 bits per heavy atom. The van der Waals surface area contributed by atoms with Gasteiger partial charge in [-0.3, -0.25) is 0 Å². The summed E-state index contributed by atoms with van der Waals surface area (Å²) in [6.45, 7) is 1.50. The van der Waals surface area contributed by atoms with Crippen LogP contribution in [0, 0.1) is 5.82 Å². The third-order valence-corrected chi connectivity index (χ3v) is 6.68. The first-order chi connectivity index (χ1) is 12.9. The Labute approximate surface area is 161 Å². The fourth-order valence-corrected chi connectivity index (χ4v) is 4.91. The molecular formula is C18H16ClFN4O2S. The Balaban J connectivity index is 1.57. The maximum Gasteiger partial charge on any atom is 0.243 e. The minimum absolute atomic E-state index is 0.179. The Morgan fingerprint density at radius 1 is 1.00 bits per heavy atom. The van der Waals surface area contributed by atoms with Crippen molar-refractivity contribution in [1.82, 2.24) is 14.3 Å². The van der Waals surface area contributed by atoms with Crippen molar-refractivity contribution in [2.75, 3.05) is 31.1 Å². The van der Waals surface area contributed by atoms with Gasteiger partial charge in [0.15, 0.2) is 0 Å². The normalized spacial score (nSPS) is 16.0. The van der Waals surface area contributed by atoms with Gasteiger partial charge in [-0.25, -0.2) is 22.8 Å². The summed E-state index contributed by atoms with van der Waals surface area (Å²) in [5.74, 6) is 0.250. The van der Waals surface area contributed by atoms with Gasteiger partial charge < -0.3 is 4.90 Å². The lowest BCUT2D eigenvalue weighted by Crippen LogP contribution is -2.49. The van der Waals surface area contributed by atoms with Crippen molar-refractivity contribution in [3.63, 3.8) is 0 Å². The highest BCUT2D eigenvalue weighted by Gasteiger charge is 2.29. The van der Waals surface area contributed by atoms with Crippen molar-refractivity contribution in [3.8, 4) is 0 Å². The van der Waals surface area contributed by atoms with Crippen LogP contribution < -0.4 is 4.90 Å². The van der Waals surface area contributed by atoms with Crippen LogP contribution in [0.1, 0.15) is 0 Å². The minimum atomic E-state index is -3.61. The molecule has 1 saturated heterocycles. The summed E-state index contributed by atoms with van der Waals surface area (Å²) < 4.78 is 40.7. The molecule has 4 rings (SSSR count). The van der Waals surface area contributed by atoms with Crippen LogP contribution in [0.4, 0.5) is 10.2 Å². The first-order valence-electron chi connectivity index (χ1n) is 8.36. The van der Waals surface area contributed by atoms with Crippen LogP contribution >= 0.6 is 11.6 Å². The molecule has 0 saturated carbocycles. The first-order valence-corrected chi connectivity index (χ1v) is 10.2. The van der Waals surface area contributed by atoms with Crippen LogP contribution in [0.5, 0.6) is 0 Å². The maximum atomic E-state index is 13.7. The second kappa shape index (κ2) is 7.03. The summed E-state index contributed by atoms with van der Waals surface area (Å²) in [6.07, 6.45) is 1.44. The van der Waals surface area contributed by atoms with E-state index in [1.54, 1.807) is 18.2 Å². The molecule has 1 aliphatic rings. The summed E-state index contributed by atoms with van der Waals surface area (Å²) in [5.41, 5.74) is 0.648. The predicted octanol–water partition coefficient (Wildman–Crippen LogP) is 2.93. The number of fused-ring (bicyclic) bond motifs is 1. The van der Waals surface area contributed by atoms with E-state index in [1.807, 2.05) is 4.90 Å². The number of anilines is 1. The molecule has 1 fully saturated rings. The average Bonchev–Trinajstić information content (AvgIpc) is 2.67. The quantitative estimate of drug-likeness (QED) is 0.669. The lowest BCUT2D eigenvalue weighted by Gasteiger charge is -2.35. The second-order valence-electron chi connectivity index (χ2n) is 6.21. The summed E-state index contributed by atoms with van der Waals surface area (Å²) in [5, 5.41) is 0.993. The lowest BCUT2D eigenvalue weighted by molar-refractivity contribution is 0.384. The molecule has 0 unspecified atom stereocenters. The van der Waals surface area contributed by atoms with Gasteiger partial charge in [-0.2, -0.15) is 4.31 Å². The molecule has 1 aromatic heterocycles. The average molecular weight is 407 g/mol. The van der Waals surface area contributed by atoms with Crippen LogP contribution in [0.15, 0.2) is 53.7 Å². The Morgan fingerprint density at radius 3 is 2.52 bits per heavy atom. The van der Waals surface area contributed by atoms with Gasteiger partial charge in [0.1, 0.15) is 18.0 Å². The van der Waals surface area contributed by atoms with Gasteiger partial charge in [0.25, 0.3) is 0 Å². The van der Waals surface area contributed by atoms with Crippen molar-refractivity contribution < 1.29 is 12.8 Å². The monoisotopic (exact) mass is 406 g/mol. The van der Waals surface area contributed by atoms with E-state index in [0.29, 0.717) is 47.9 Å². The predicted molar refractivity (Wildman–Crippen MR) is 102 cm³/mol.